The van der Waals surface area contributed by atoms with Crippen molar-refractivity contribution < 1.29 is 19.8 Å². The van der Waals surface area contributed by atoms with Crippen molar-refractivity contribution in [2.75, 3.05) is 5.32 Å². The molecule has 0 aromatic heterocycles. The summed E-state index contributed by atoms with van der Waals surface area (Å²) in [6, 6.07) is 3.87. The zero-order chi connectivity index (χ0) is 15.6. The maximum absolute atomic E-state index is 11.9. The molecule has 4 N–H and O–H groups in total. The lowest BCUT2D eigenvalue weighted by molar-refractivity contribution is 0.0693. The van der Waals surface area contributed by atoms with Crippen molar-refractivity contribution in [3.8, 4) is 5.75 Å². The molecule has 1 atom stereocenters. The molecule has 0 saturated heterocycles. The molecule has 0 spiro atoms. The van der Waals surface area contributed by atoms with Crippen molar-refractivity contribution in [1.82, 2.24) is 5.32 Å². The van der Waals surface area contributed by atoms with Crippen LogP contribution in [0.1, 0.15) is 43.5 Å². The van der Waals surface area contributed by atoms with Crippen LogP contribution in [-0.2, 0) is 0 Å². The van der Waals surface area contributed by atoms with Gasteiger partial charge in [-0.2, -0.15) is 0 Å². The van der Waals surface area contributed by atoms with Crippen molar-refractivity contribution in [1.29, 1.82) is 0 Å². The van der Waals surface area contributed by atoms with Gasteiger partial charge in [-0.15, -0.1) is 0 Å². The number of aromatic hydroxyl groups is 1. The zero-order valence-electron chi connectivity index (χ0n) is 12.1. The molecule has 1 aromatic carbocycles. The largest absolute Gasteiger partial charge is 0.505 e. The molecular formula is C15H20N2O4. The third-order valence-electron chi connectivity index (χ3n) is 3.82. The van der Waals surface area contributed by atoms with E-state index in [-0.39, 0.29) is 22.7 Å². The maximum Gasteiger partial charge on any atom is 0.339 e. The molecule has 0 bridgehead atoms. The van der Waals surface area contributed by atoms with E-state index in [1.807, 2.05) is 0 Å². The Labute approximate surface area is 123 Å². The number of benzene rings is 1. The highest BCUT2D eigenvalue weighted by Gasteiger charge is 2.31. The summed E-state index contributed by atoms with van der Waals surface area (Å²) in [5.74, 6) is -1.68. The average molecular weight is 292 g/mol. The van der Waals surface area contributed by atoms with E-state index >= 15 is 0 Å². The van der Waals surface area contributed by atoms with Crippen LogP contribution in [0.2, 0.25) is 0 Å². The normalized spacial score (nSPS) is 20.0. The van der Waals surface area contributed by atoms with Crippen LogP contribution < -0.4 is 10.6 Å². The predicted octanol–water partition coefficient (Wildman–Crippen LogP) is 2.79. The predicted molar refractivity (Wildman–Crippen MR) is 78.6 cm³/mol. The Hall–Kier alpha value is -2.24. The van der Waals surface area contributed by atoms with Crippen LogP contribution in [0.5, 0.6) is 5.75 Å². The van der Waals surface area contributed by atoms with Gasteiger partial charge < -0.3 is 20.8 Å². The highest BCUT2D eigenvalue weighted by Crippen LogP contribution is 2.37. The highest BCUT2D eigenvalue weighted by atomic mass is 16.4. The molecule has 0 aliphatic heterocycles. The minimum atomic E-state index is -1.24. The number of nitrogens with one attached hydrogen (secondary N) is 2. The number of carbonyl (C=O) groups excluding carboxylic acids is 1. The number of para-hydroxylation sites is 1. The number of hydrogen-bond acceptors (Lipinski definition) is 3. The van der Waals surface area contributed by atoms with Crippen LogP contribution in [-0.4, -0.2) is 28.3 Å². The number of carboxylic acids is 1. The summed E-state index contributed by atoms with van der Waals surface area (Å²) >= 11 is 0. The van der Waals surface area contributed by atoms with E-state index in [9.17, 15) is 14.7 Å². The summed E-state index contributed by atoms with van der Waals surface area (Å²) in [4.78, 5) is 22.9. The topological polar surface area (TPSA) is 98.7 Å². The molecule has 1 saturated carbocycles. The quantitative estimate of drug-likeness (QED) is 0.644. The van der Waals surface area contributed by atoms with Gasteiger partial charge in [-0.05, 0) is 36.8 Å². The van der Waals surface area contributed by atoms with E-state index < -0.39 is 17.7 Å². The van der Waals surface area contributed by atoms with Crippen molar-refractivity contribution >= 4 is 17.7 Å². The van der Waals surface area contributed by atoms with Crippen molar-refractivity contribution in [3.63, 3.8) is 0 Å². The Kier molecular flexibility index (Phi) is 4.06. The molecule has 6 nitrogen and oxygen atoms in total. The van der Waals surface area contributed by atoms with E-state index in [1.54, 1.807) is 0 Å². The summed E-state index contributed by atoms with van der Waals surface area (Å²) in [5.41, 5.74) is 0.0722. The Morgan fingerprint density at radius 1 is 1.33 bits per heavy atom. The molecule has 2 amide bonds. The van der Waals surface area contributed by atoms with Gasteiger partial charge in [-0.25, -0.2) is 9.59 Å². The van der Waals surface area contributed by atoms with E-state index in [1.165, 1.54) is 18.2 Å². The monoisotopic (exact) mass is 292 g/mol. The van der Waals surface area contributed by atoms with Crippen molar-refractivity contribution in [2.45, 2.75) is 39.2 Å². The summed E-state index contributed by atoms with van der Waals surface area (Å²) in [5, 5.41) is 24.1. The Morgan fingerprint density at radius 2 is 2.05 bits per heavy atom. The summed E-state index contributed by atoms with van der Waals surface area (Å²) < 4.78 is 0. The molecule has 1 fully saturated rings. The van der Waals surface area contributed by atoms with Gasteiger partial charge in [-0.3, -0.25) is 0 Å². The first kappa shape index (κ1) is 15.2. The van der Waals surface area contributed by atoms with Crippen LogP contribution in [0, 0.1) is 5.41 Å². The Morgan fingerprint density at radius 3 is 2.62 bits per heavy atom. The molecule has 0 heterocycles. The second-order valence-corrected chi connectivity index (χ2v) is 6.21. The molecule has 114 valence electrons. The number of carboxylic acid groups (broad SMARTS) is 1. The number of hydrogen-bond donors (Lipinski definition) is 4. The minimum absolute atomic E-state index is 0.0876. The molecule has 6 heteroatoms. The molecular weight excluding hydrogens is 272 g/mol. The second kappa shape index (κ2) is 5.63. The average Bonchev–Trinajstić information content (AvgIpc) is 2.70. The first-order chi connectivity index (χ1) is 9.78. The zero-order valence-corrected chi connectivity index (χ0v) is 12.1. The Bertz CT molecular complexity index is 569. The number of urea groups is 1. The smallest absolute Gasteiger partial charge is 0.339 e. The van der Waals surface area contributed by atoms with E-state index in [0.717, 1.165) is 19.3 Å². The third kappa shape index (κ3) is 3.65. The number of amides is 2. The molecule has 2 rings (SSSR count). The number of anilines is 1. The van der Waals surface area contributed by atoms with Crippen LogP contribution in [0.4, 0.5) is 10.5 Å². The van der Waals surface area contributed by atoms with Crippen LogP contribution in [0.25, 0.3) is 0 Å². The Balaban J connectivity index is 2.00. The molecule has 1 aromatic rings. The summed E-state index contributed by atoms with van der Waals surface area (Å²) in [7, 11) is 0. The lowest BCUT2D eigenvalue weighted by atomic mass is 9.92. The fourth-order valence-electron chi connectivity index (χ4n) is 2.72. The van der Waals surface area contributed by atoms with Gasteiger partial charge in [0, 0.05) is 6.04 Å². The van der Waals surface area contributed by atoms with Crippen LogP contribution >= 0.6 is 0 Å². The highest BCUT2D eigenvalue weighted by molar-refractivity contribution is 5.97. The maximum atomic E-state index is 11.9. The number of carbonyl (C=O) groups is 2. The first-order valence-corrected chi connectivity index (χ1v) is 6.91. The molecule has 0 radical (unpaired) electrons. The van der Waals surface area contributed by atoms with Gasteiger partial charge in [0.1, 0.15) is 5.56 Å². The van der Waals surface area contributed by atoms with Gasteiger partial charge in [0.05, 0.1) is 5.69 Å². The van der Waals surface area contributed by atoms with Crippen LogP contribution in [0.3, 0.4) is 0 Å². The number of phenols is 1. The molecule has 1 aliphatic carbocycles. The second-order valence-electron chi connectivity index (χ2n) is 6.21. The minimum Gasteiger partial charge on any atom is -0.505 e. The van der Waals surface area contributed by atoms with Gasteiger partial charge in [0.15, 0.2) is 5.75 Å². The van der Waals surface area contributed by atoms with Gasteiger partial charge in [0.25, 0.3) is 0 Å². The summed E-state index contributed by atoms with van der Waals surface area (Å²) in [6.07, 6.45) is 2.88. The first-order valence-electron chi connectivity index (χ1n) is 6.91. The van der Waals surface area contributed by atoms with Gasteiger partial charge in [-0.1, -0.05) is 19.9 Å². The van der Waals surface area contributed by atoms with Gasteiger partial charge in [0.2, 0.25) is 0 Å². The van der Waals surface area contributed by atoms with Crippen LogP contribution in [0.15, 0.2) is 18.2 Å². The summed E-state index contributed by atoms with van der Waals surface area (Å²) in [6.45, 7) is 4.32. The van der Waals surface area contributed by atoms with Crippen molar-refractivity contribution in [2.24, 2.45) is 5.41 Å². The molecule has 1 aliphatic rings. The standard InChI is InChI=1S/C15H20N2O4/c1-15(2)7-6-9(8-15)16-14(21)17-11-5-3-4-10(12(11)18)13(19)20/h3-5,9,18H,6-8H2,1-2H3,(H,19,20)(H2,16,17,21). The van der Waals surface area contributed by atoms with Gasteiger partial charge >= 0.3 is 12.0 Å². The fraction of sp³-hybridized carbons (Fsp3) is 0.467. The molecule has 1 unspecified atom stereocenters. The third-order valence-corrected chi connectivity index (χ3v) is 3.82. The van der Waals surface area contributed by atoms with E-state index in [4.69, 9.17) is 5.11 Å². The molecule has 21 heavy (non-hydrogen) atoms. The number of aromatic carboxylic acids is 1. The SMILES string of the molecule is CC1(C)CCC(NC(=O)Nc2cccc(C(=O)O)c2O)C1. The van der Waals surface area contributed by atoms with E-state index in [0.29, 0.717) is 0 Å². The lowest BCUT2D eigenvalue weighted by Gasteiger charge is -2.18. The fourth-order valence-corrected chi connectivity index (χ4v) is 2.72. The lowest BCUT2D eigenvalue weighted by Crippen LogP contribution is -2.36. The van der Waals surface area contributed by atoms with Crippen molar-refractivity contribution in [3.05, 3.63) is 23.8 Å². The van der Waals surface area contributed by atoms with E-state index in [2.05, 4.69) is 24.5 Å². The number of rotatable bonds is 3.